The molecule has 0 N–H and O–H groups in total. The van der Waals surface area contributed by atoms with Gasteiger partial charge in [-0.1, -0.05) is 56.2 Å². The average Bonchev–Trinajstić information content (AvgIpc) is 2.57. The molecule has 5 heteroatoms. The lowest BCUT2D eigenvalue weighted by atomic mass is 10.2. The zero-order valence-corrected chi connectivity index (χ0v) is 17.4. The predicted molar refractivity (Wildman–Crippen MR) is 106 cm³/mol. The van der Waals surface area contributed by atoms with Crippen molar-refractivity contribution in [1.29, 1.82) is 0 Å². The molecule has 0 aliphatic heterocycles. The molecule has 136 valence electrons. The van der Waals surface area contributed by atoms with Crippen LogP contribution in [0.1, 0.15) is 51.4 Å². The summed E-state index contributed by atoms with van der Waals surface area (Å²) in [7, 11) is 0. The molecule has 0 amide bonds. The molecule has 0 aromatic carbocycles. The summed E-state index contributed by atoms with van der Waals surface area (Å²) in [6.07, 6.45) is 17.9. The van der Waals surface area contributed by atoms with Crippen molar-refractivity contribution < 1.29 is 14.2 Å². The van der Waals surface area contributed by atoms with Gasteiger partial charge in [-0.3, -0.25) is 0 Å². The van der Waals surface area contributed by atoms with Crippen LogP contribution in [0.25, 0.3) is 0 Å². The van der Waals surface area contributed by atoms with Gasteiger partial charge in [-0.2, -0.15) is 0 Å². The molecular weight excluding hydrogens is 424 g/mol. The minimum Gasteiger partial charge on any atom is -0.355 e. The first-order valence-electron chi connectivity index (χ1n) is 8.57. The number of ether oxygens (including phenoxy) is 3. The van der Waals surface area contributed by atoms with Crippen molar-refractivity contribution in [3.8, 4) is 0 Å². The summed E-state index contributed by atoms with van der Waals surface area (Å²) in [4.78, 5) is 0. The highest BCUT2D eigenvalue weighted by Crippen LogP contribution is 1.99. The Bertz CT molecular complexity index is 245. The zero-order valence-electron chi connectivity index (χ0n) is 14.2. The van der Waals surface area contributed by atoms with Crippen LogP contribution >= 0.6 is 31.9 Å². The summed E-state index contributed by atoms with van der Waals surface area (Å²) in [5, 5.41) is 2.15. The van der Waals surface area contributed by atoms with Crippen LogP contribution in [0.5, 0.6) is 0 Å². The topological polar surface area (TPSA) is 27.7 Å². The standard InChI is InChI=1S/C18H32Br2O3/c19-13-9-5-1-3-7-11-15-21-17-23-18-22-16-12-8-4-2-6-10-14-20/h1-4H,5-18H2. The third-order valence-corrected chi connectivity index (χ3v) is 4.12. The number of allylic oxidation sites excluding steroid dienone is 4. The van der Waals surface area contributed by atoms with E-state index < -0.39 is 0 Å². The Labute approximate surface area is 159 Å². The summed E-state index contributed by atoms with van der Waals surface area (Å²) in [6.45, 7) is 2.11. The molecule has 0 aromatic rings. The average molecular weight is 456 g/mol. The van der Waals surface area contributed by atoms with Gasteiger partial charge in [0.2, 0.25) is 0 Å². The summed E-state index contributed by atoms with van der Waals surface area (Å²) < 4.78 is 16.0. The number of hydrogen-bond donors (Lipinski definition) is 0. The third-order valence-electron chi connectivity index (χ3n) is 2.99. The molecule has 0 fully saturated rings. The van der Waals surface area contributed by atoms with Crippen LogP contribution in [-0.4, -0.2) is 37.5 Å². The Morgan fingerprint density at radius 2 is 0.913 bits per heavy atom. The van der Waals surface area contributed by atoms with Crippen molar-refractivity contribution in [1.82, 2.24) is 0 Å². The van der Waals surface area contributed by atoms with Crippen LogP contribution in [0, 0.1) is 0 Å². The maximum absolute atomic E-state index is 5.39. The van der Waals surface area contributed by atoms with E-state index >= 15 is 0 Å². The lowest BCUT2D eigenvalue weighted by Gasteiger charge is -2.06. The molecule has 3 nitrogen and oxygen atoms in total. The van der Waals surface area contributed by atoms with E-state index in [-0.39, 0.29) is 0 Å². The summed E-state index contributed by atoms with van der Waals surface area (Å²) in [6, 6.07) is 0. The molecule has 0 radical (unpaired) electrons. The molecule has 0 saturated carbocycles. The minimum absolute atomic E-state index is 0.319. The van der Waals surface area contributed by atoms with Crippen molar-refractivity contribution >= 4 is 31.9 Å². The van der Waals surface area contributed by atoms with E-state index in [0.717, 1.165) is 62.4 Å². The molecule has 0 unspecified atom stereocenters. The van der Waals surface area contributed by atoms with E-state index in [1.54, 1.807) is 0 Å². The third kappa shape index (κ3) is 22.3. The SMILES string of the molecule is BrCCCC=CCCCOCOCOCCCC=CCCCBr. The summed E-state index contributed by atoms with van der Waals surface area (Å²) in [5.74, 6) is 0. The van der Waals surface area contributed by atoms with Gasteiger partial charge < -0.3 is 14.2 Å². The van der Waals surface area contributed by atoms with E-state index in [9.17, 15) is 0 Å². The fourth-order valence-corrected chi connectivity index (χ4v) is 2.39. The van der Waals surface area contributed by atoms with Crippen LogP contribution in [-0.2, 0) is 14.2 Å². The molecule has 0 rings (SSSR count). The normalized spacial score (nSPS) is 11.9. The fourth-order valence-electron chi connectivity index (χ4n) is 1.74. The Kier molecular flexibility index (Phi) is 22.6. The summed E-state index contributed by atoms with van der Waals surface area (Å²) >= 11 is 6.84. The molecule has 0 aliphatic carbocycles. The smallest absolute Gasteiger partial charge is 0.149 e. The van der Waals surface area contributed by atoms with Crippen LogP contribution in [0.15, 0.2) is 24.3 Å². The molecular formula is C18H32Br2O3. The molecule has 0 saturated heterocycles. The van der Waals surface area contributed by atoms with Crippen LogP contribution in [0.3, 0.4) is 0 Å². The number of unbranched alkanes of at least 4 members (excludes halogenated alkanes) is 4. The van der Waals surface area contributed by atoms with Gasteiger partial charge >= 0.3 is 0 Å². The van der Waals surface area contributed by atoms with Crippen LogP contribution < -0.4 is 0 Å². The second kappa shape index (κ2) is 22.3. The van der Waals surface area contributed by atoms with Gasteiger partial charge in [-0.05, 0) is 51.4 Å². The number of rotatable bonds is 18. The van der Waals surface area contributed by atoms with E-state index in [4.69, 9.17) is 14.2 Å². The van der Waals surface area contributed by atoms with Crippen LogP contribution in [0.2, 0.25) is 0 Å². The molecule has 0 spiro atoms. The van der Waals surface area contributed by atoms with Gasteiger partial charge in [0, 0.05) is 23.9 Å². The van der Waals surface area contributed by atoms with Crippen molar-refractivity contribution in [3.63, 3.8) is 0 Å². The first-order valence-corrected chi connectivity index (χ1v) is 10.8. The van der Waals surface area contributed by atoms with E-state index in [1.807, 2.05) is 0 Å². The largest absolute Gasteiger partial charge is 0.355 e. The Hall–Kier alpha value is 0.320. The molecule has 0 aromatic heterocycles. The highest BCUT2D eigenvalue weighted by atomic mass is 79.9. The van der Waals surface area contributed by atoms with Gasteiger partial charge in [0.15, 0.2) is 0 Å². The number of alkyl halides is 2. The quantitative estimate of drug-likeness (QED) is 0.110. The molecule has 0 aliphatic rings. The minimum atomic E-state index is 0.319. The van der Waals surface area contributed by atoms with Crippen LogP contribution in [0.4, 0.5) is 0 Å². The summed E-state index contributed by atoms with van der Waals surface area (Å²) in [5.41, 5.74) is 0. The Morgan fingerprint density at radius 3 is 1.30 bits per heavy atom. The predicted octanol–water partition coefficient (Wildman–Crippen LogP) is 5.97. The van der Waals surface area contributed by atoms with Gasteiger partial charge in [0.25, 0.3) is 0 Å². The van der Waals surface area contributed by atoms with Gasteiger partial charge in [0.05, 0.1) is 0 Å². The maximum atomic E-state index is 5.39. The number of hydrogen-bond acceptors (Lipinski definition) is 3. The lowest BCUT2D eigenvalue weighted by Crippen LogP contribution is -2.06. The Morgan fingerprint density at radius 1 is 0.522 bits per heavy atom. The Balaban J connectivity index is 3.05. The van der Waals surface area contributed by atoms with Gasteiger partial charge in [0.1, 0.15) is 13.6 Å². The fraction of sp³-hybridized carbons (Fsp3) is 0.778. The van der Waals surface area contributed by atoms with E-state index in [2.05, 4.69) is 56.2 Å². The van der Waals surface area contributed by atoms with E-state index in [1.165, 1.54) is 12.8 Å². The molecule has 0 bridgehead atoms. The molecule has 0 heterocycles. The second-order valence-corrected chi connectivity index (χ2v) is 6.73. The zero-order chi connectivity index (χ0) is 16.8. The molecule has 0 atom stereocenters. The van der Waals surface area contributed by atoms with Crippen molar-refractivity contribution in [2.75, 3.05) is 37.5 Å². The number of halogens is 2. The highest BCUT2D eigenvalue weighted by molar-refractivity contribution is 9.09. The lowest BCUT2D eigenvalue weighted by molar-refractivity contribution is -0.131. The van der Waals surface area contributed by atoms with Crippen molar-refractivity contribution in [3.05, 3.63) is 24.3 Å². The van der Waals surface area contributed by atoms with Crippen molar-refractivity contribution in [2.24, 2.45) is 0 Å². The monoisotopic (exact) mass is 454 g/mol. The maximum Gasteiger partial charge on any atom is 0.149 e. The highest BCUT2D eigenvalue weighted by Gasteiger charge is 1.90. The first kappa shape index (κ1) is 23.3. The first-order chi connectivity index (χ1) is 11.4. The van der Waals surface area contributed by atoms with Gasteiger partial charge in [-0.15, -0.1) is 0 Å². The molecule has 23 heavy (non-hydrogen) atoms. The van der Waals surface area contributed by atoms with E-state index in [0.29, 0.717) is 13.6 Å². The second-order valence-electron chi connectivity index (χ2n) is 5.15. The van der Waals surface area contributed by atoms with Crippen molar-refractivity contribution in [2.45, 2.75) is 51.4 Å². The van der Waals surface area contributed by atoms with Gasteiger partial charge in [-0.25, -0.2) is 0 Å².